The van der Waals surface area contributed by atoms with Crippen molar-refractivity contribution < 1.29 is 4.74 Å². The van der Waals surface area contributed by atoms with Crippen LogP contribution in [0.4, 0.5) is 0 Å². The molecule has 0 aromatic carbocycles. The van der Waals surface area contributed by atoms with Crippen LogP contribution in [0.25, 0.3) is 0 Å². The van der Waals surface area contributed by atoms with Gasteiger partial charge >= 0.3 is 0 Å². The van der Waals surface area contributed by atoms with Gasteiger partial charge in [-0.15, -0.1) is 0 Å². The summed E-state index contributed by atoms with van der Waals surface area (Å²) in [5.41, 5.74) is 7.70. The van der Waals surface area contributed by atoms with E-state index >= 15 is 0 Å². The quantitative estimate of drug-likeness (QED) is 0.794. The van der Waals surface area contributed by atoms with Gasteiger partial charge in [0.25, 0.3) is 0 Å². The van der Waals surface area contributed by atoms with Crippen molar-refractivity contribution in [2.45, 2.75) is 51.6 Å². The molecule has 2 aliphatic rings. The van der Waals surface area contributed by atoms with Crippen LogP contribution in [0.1, 0.15) is 39.5 Å². The zero-order chi connectivity index (χ0) is 13.7. The summed E-state index contributed by atoms with van der Waals surface area (Å²) < 4.78 is 5.42. The van der Waals surface area contributed by atoms with E-state index in [4.69, 9.17) is 10.5 Å². The van der Waals surface area contributed by atoms with Gasteiger partial charge in [-0.3, -0.25) is 9.89 Å². The van der Waals surface area contributed by atoms with Crippen molar-refractivity contribution in [1.82, 2.24) is 4.90 Å². The molecule has 4 nitrogen and oxygen atoms in total. The number of ether oxygens (including phenoxy) is 1. The van der Waals surface area contributed by atoms with E-state index in [9.17, 15) is 0 Å². The number of morpholine rings is 1. The van der Waals surface area contributed by atoms with Crippen LogP contribution in [-0.2, 0) is 4.74 Å². The Hall–Kier alpha value is -0.870. The van der Waals surface area contributed by atoms with Gasteiger partial charge in [0.15, 0.2) is 0 Å². The highest BCUT2D eigenvalue weighted by Crippen LogP contribution is 2.25. The molecular weight excluding hydrogens is 238 g/mol. The second-order valence-corrected chi connectivity index (χ2v) is 5.75. The highest BCUT2D eigenvalue weighted by molar-refractivity contribution is 5.78. The number of hydrogen-bond acceptors (Lipinski definition) is 4. The van der Waals surface area contributed by atoms with Crippen molar-refractivity contribution in [2.75, 3.05) is 26.3 Å². The minimum atomic E-state index is 0.492. The molecule has 0 amide bonds. The van der Waals surface area contributed by atoms with E-state index in [1.54, 1.807) is 0 Å². The van der Waals surface area contributed by atoms with Crippen LogP contribution in [0.2, 0.25) is 0 Å². The van der Waals surface area contributed by atoms with Crippen LogP contribution in [0.5, 0.6) is 0 Å². The third kappa shape index (κ3) is 4.32. The molecule has 2 N–H and O–H groups in total. The molecule has 0 aromatic rings. The fourth-order valence-electron chi connectivity index (χ4n) is 2.83. The first kappa shape index (κ1) is 14.5. The number of allylic oxidation sites excluding steroid dienone is 2. The summed E-state index contributed by atoms with van der Waals surface area (Å²) in [6.07, 6.45) is 6.90. The van der Waals surface area contributed by atoms with E-state index in [-0.39, 0.29) is 0 Å². The maximum Gasteiger partial charge on any atom is 0.0594 e. The van der Waals surface area contributed by atoms with E-state index in [0.29, 0.717) is 6.04 Å². The SMILES string of the molecule is C/C(N)=C(\C)C=NC1CCC(N2CCOCC2)CC1. The predicted molar refractivity (Wildman–Crippen MR) is 79.5 cm³/mol. The molecule has 1 aliphatic carbocycles. The first-order chi connectivity index (χ1) is 9.16. The topological polar surface area (TPSA) is 50.8 Å². The van der Waals surface area contributed by atoms with E-state index in [1.807, 2.05) is 20.1 Å². The van der Waals surface area contributed by atoms with Crippen LogP contribution >= 0.6 is 0 Å². The number of nitrogens with two attached hydrogens (primary N) is 1. The smallest absolute Gasteiger partial charge is 0.0594 e. The minimum absolute atomic E-state index is 0.492. The maximum atomic E-state index is 5.74. The van der Waals surface area contributed by atoms with Gasteiger partial charge in [-0.1, -0.05) is 0 Å². The molecule has 0 bridgehead atoms. The molecule has 2 rings (SSSR count). The second kappa shape index (κ2) is 7.06. The van der Waals surface area contributed by atoms with E-state index in [1.165, 1.54) is 25.7 Å². The summed E-state index contributed by atoms with van der Waals surface area (Å²) >= 11 is 0. The number of hydrogen-bond donors (Lipinski definition) is 1. The molecule has 2 fully saturated rings. The summed E-state index contributed by atoms with van der Waals surface area (Å²) in [5.74, 6) is 0. The Kier molecular flexibility index (Phi) is 5.40. The fraction of sp³-hybridized carbons (Fsp3) is 0.800. The first-order valence-corrected chi connectivity index (χ1v) is 7.44. The summed E-state index contributed by atoms with van der Waals surface area (Å²) in [4.78, 5) is 7.27. The van der Waals surface area contributed by atoms with Crippen LogP contribution in [-0.4, -0.2) is 49.5 Å². The molecule has 0 spiro atoms. The molecule has 4 heteroatoms. The number of rotatable bonds is 3. The van der Waals surface area contributed by atoms with Crippen molar-refractivity contribution in [3.8, 4) is 0 Å². The highest BCUT2D eigenvalue weighted by atomic mass is 16.5. The highest BCUT2D eigenvalue weighted by Gasteiger charge is 2.26. The van der Waals surface area contributed by atoms with Gasteiger partial charge in [-0.05, 0) is 45.1 Å². The van der Waals surface area contributed by atoms with Crippen LogP contribution in [0.15, 0.2) is 16.3 Å². The molecule has 0 unspecified atom stereocenters. The predicted octanol–water partition coefficient (Wildman–Crippen LogP) is 1.95. The van der Waals surface area contributed by atoms with Crippen LogP contribution in [0, 0.1) is 0 Å². The summed E-state index contributed by atoms with van der Waals surface area (Å²) in [6, 6.07) is 1.25. The Morgan fingerprint density at radius 3 is 2.37 bits per heavy atom. The molecule has 0 atom stereocenters. The molecular formula is C15H27N3O. The Morgan fingerprint density at radius 2 is 1.79 bits per heavy atom. The van der Waals surface area contributed by atoms with Gasteiger partial charge < -0.3 is 10.5 Å². The Morgan fingerprint density at radius 1 is 1.16 bits per heavy atom. The van der Waals surface area contributed by atoms with Crippen molar-refractivity contribution >= 4 is 6.21 Å². The van der Waals surface area contributed by atoms with Gasteiger partial charge in [0.1, 0.15) is 0 Å². The summed E-state index contributed by atoms with van der Waals surface area (Å²) in [7, 11) is 0. The average Bonchev–Trinajstić information content (AvgIpc) is 2.46. The molecule has 1 heterocycles. The average molecular weight is 265 g/mol. The lowest BCUT2D eigenvalue weighted by molar-refractivity contribution is 0.00756. The monoisotopic (exact) mass is 265 g/mol. The normalized spacial score (nSPS) is 31.5. The first-order valence-electron chi connectivity index (χ1n) is 7.44. The number of aliphatic imine (C=N–C) groups is 1. The summed E-state index contributed by atoms with van der Waals surface area (Å²) in [6.45, 7) is 7.96. The van der Waals surface area contributed by atoms with Crippen LogP contribution in [0.3, 0.4) is 0 Å². The standard InChI is InChI=1S/C15H27N3O/c1-12(13(2)16)11-17-14-3-5-15(6-4-14)18-7-9-19-10-8-18/h11,14-15H,3-10,16H2,1-2H3/b13-12-,17-11?. The van der Waals surface area contributed by atoms with Gasteiger partial charge in [-0.25, -0.2) is 0 Å². The van der Waals surface area contributed by atoms with Crippen molar-refractivity contribution in [1.29, 1.82) is 0 Å². The lowest BCUT2D eigenvalue weighted by atomic mass is 9.90. The number of nitrogens with zero attached hydrogens (tertiary/aromatic N) is 2. The maximum absolute atomic E-state index is 5.74. The van der Waals surface area contributed by atoms with Gasteiger partial charge in [0, 0.05) is 31.0 Å². The van der Waals surface area contributed by atoms with Crippen molar-refractivity contribution in [3.05, 3.63) is 11.3 Å². The molecule has 1 saturated carbocycles. The van der Waals surface area contributed by atoms with Crippen molar-refractivity contribution in [3.63, 3.8) is 0 Å². The molecule has 1 saturated heterocycles. The molecule has 108 valence electrons. The van der Waals surface area contributed by atoms with Gasteiger partial charge in [0.05, 0.1) is 19.3 Å². The molecule has 1 aliphatic heterocycles. The lowest BCUT2D eigenvalue weighted by Crippen LogP contribution is -2.45. The minimum Gasteiger partial charge on any atom is -0.402 e. The Labute approximate surface area is 116 Å². The van der Waals surface area contributed by atoms with E-state index < -0.39 is 0 Å². The van der Waals surface area contributed by atoms with Gasteiger partial charge in [0.2, 0.25) is 0 Å². The molecule has 0 radical (unpaired) electrons. The zero-order valence-corrected chi connectivity index (χ0v) is 12.3. The Bertz CT molecular complexity index is 333. The van der Waals surface area contributed by atoms with E-state index in [2.05, 4.69) is 9.89 Å². The molecule has 0 aromatic heterocycles. The largest absolute Gasteiger partial charge is 0.402 e. The van der Waals surface area contributed by atoms with Crippen molar-refractivity contribution in [2.24, 2.45) is 10.7 Å². The zero-order valence-electron chi connectivity index (χ0n) is 12.3. The third-order valence-electron chi connectivity index (χ3n) is 4.33. The Balaban J connectivity index is 1.77. The second-order valence-electron chi connectivity index (χ2n) is 5.75. The van der Waals surface area contributed by atoms with E-state index in [0.717, 1.165) is 43.6 Å². The fourth-order valence-corrected chi connectivity index (χ4v) is 2.83. The van der Waals surface area contributed by atoms with Gasteiger partial charge in [-0.2, -0.15) is 0 Å². The molecule has 19 heavy (non-hydrogen) atoms. The third-order valence-corrected chi connectivity index (χ3v) is 4.33. The lowest BCUT2D eigenvalue weighted by Gasteiger charge is -2.38. The summed E-state index contributed by atoms with van der Waals surface area (Å²) in [5, 5.41) is 0. The van der Waals surface area contributed by atoms with Crippen LogP contribution < -0.4 is 5.73 Å².